The van der Waals surface area contributed by atoms with Crippen molar-refractivity contribution in [1.82, 2.24) is 0 Å². The number of carbonyl (C=O) groups is 1. The highest BCUT2D eigenvalue weighted by Gasteiger charge is 2.40. The summed E-state index contributed by atoms with van der Waals surface area (Å²) in [6.45, 7) is 12.0. The van der Waals surface area contributed by atoms with Crippen molar-refractivity contribution in [3.05, 3.63) is 0 Å². The lowest BCUT2D eigenvalue weighted by atomic mass is 10.1. The van der Waals surface area contributed by atoms with Gasteiger partial charge < -0.3 is 31.2 Å². The van der Waals surface area contributed by atoms with E-state index in [1.54, 1.807) is 0 Å². The van der Waals surface area contributed by atoms with E-state index in [-0.39, 0.29) is 29.1 Å². The third-order valence-corrected chi connectivity index (χ3v) is 11.1. The van der Waals surface area contributed by atoms with Crippen molar-refractivity contribution in [2.45, 2.75) is 111 Å². The van der Waals surface area contributed by atoms with Gasteiger partial charge in [-0.1, -0.05) is 40.0 Å². The summed E-state index contributed by atoms with van der Waals surface area (Å²) in [6.07, 6.45) is 16.7. The van der Waals surface area contributed by atoms with Crippen molar-refractivity contribution in [3.63, 3.8) is 0 Å². The number of rotatable bonds is 17. The molecule has 1 rings (SSSR count). The molecule has 1 saturated heterocycles. The standard InChI is InChI=1S/C24H48O4P.BrH/c1-6-9-18-29(19-10-7-2,20-11-8-3)21-12-14-24(26-16-17-27-24)15-13-23(25)28-22(4)5;/h22H,6-21H2,1-5H3;1H/q+1;/p-1. The van der Waals surface area contributed by atoms with Gasteiger partial charge in [0.1, 0.15) is 0 Å². The fourth-order valence-electron chi connectivity index (χ4n) is 4.36. The maximum Gasteiger partial charge on any atom is 0.306 e. The van der Waals surface area contributed by atoms with Crippen LogP contribution in [0, 0.1) is 0 Å². The molecule has 6 heteroatoms. The molecule has 180 valence electrons. The van der Waals surface area contributed by atoms with Crippen LogP contribution in [-0.2, 0) is 19.0 Å². The summed E-state index contributed by atoms with van der Waals surface area (Å²) in [5, 5.41) is 0. The van der Waals surface area contributed by atoms with Crippen LogP contribution in [0.1, 0.15) is 98.8 Å². The van der Waals surface area contributed by atoms with Crippen LogP contribution in [0.5, 0.6) is 0 Å². The first kappa shape index (κ1) is 30.3. The molecule has 0 N–H and O–H groups in total. The Labute approximate surface area is 197 Å². The molecule has 0 saturated carbocycles. The average molecular weight is 512 g/mol. The third-order valence-electron chi connectivity index (χ3n) is 6.04. The Bertz CT molecular complexity index is 417. The first-order valence-corrected chi connectivity index (χ1v) is 14.8. The fraction of sp³-hybridized carbons (Fsp3) is 0.958. The number of esters is 1. The molecule has 0 aromatic rings. The van der Waals surface area contributed by atoms with E-state index in [9.17, 15) is 4.79 Å². The molecular formula is C24H48BrO4P. The van der Waals surface area contributed by atoms with Crippen molar-refractivity contribution in [2.75, 3.05) is 37.9 Å². The van der Waals surface area contributed by atoms with Crippen molar-refractivity contribution >= 4 is 13.2 Å². The fourth-order valence-corrected chi connectivity index (χ4v) is 9.49. The number of ether oxygens (including phenoxy) is 3. The maximum absolute atomic E-state index is 12.0. The summed E-state index contributed by atoms with van der Waals surface area (Å²) in [4.78, 5) is 12.0. The number of hydrogen-bond acceptors (Lipinski definition) is 4. The zero-order valence-electron chi connectivity index (χ0n) is 20.3. The minimum atomic E-state index is -0.892. The first-order chi connectivity index (χ1) is 13.9. The Hall–Kier alpha value is 0.300. The van der Waals surface area contributed by atoms with Crippen molar-refractivity contribution < 1.29 is 36.0 Å². The molecule has 1 fully saturated rings. The summed E-state index contributed by atoms with van der Waals surface area (Å²) in [5.41, 5.74) is 0. The lowest BCUT2D eigenvalue weighted by Gasteiger charge is -2.31. The van der Waals surface area contributed by atoms with Gasteiger partial charge in [-0.2, -0.15) is 0 Å². The second kappa shape index (κ2) is 16.9. The minimum Gasteiger partial charge on any atom is -1.00 e. The molecule has 0 aromatic heterocycles. The maximum atomic E-state index is 12.0. The van der Waals surface area contributed by atoms with Crippen LogP contribution in [0.4, 0.5) is 0 Å². The molecule has 0 aliphatic carbocycles. The molecule has 1 aliphatic rings. The predicted molar refractivity (Wildman–Crippen MR) is 125 cm³/mol. The van der Waals surface area contributed by atoms with Gasteiger partial charge >= 0.3 is 5.97 Å². The van der Waals surface area contributed by atoms with Gasteiger partial charge in [-0.25, -0.2) is 0 Å². The van der Waals surface area contributed by atoms with Crippen LogP contribution >= 0.6 is 7.26 Å². The van der Waals surface area contributed by atoms with E-state index in [0.717, 1.165) is 12.8 Å². The highest BCUT2D eigenvalue weighted by molar-refractivity contribution is 7.75. The zero-order chi connectivity index (χ0) is 21.6. The SMILES string of the molecule is CCCC[P+](CCCC)(CCCC)CCCC1(CCC(=O)OC(C)C)OCCO1.[Br-]. The third kappa shape index (κ3) is 11.8. The van der Waals surface area contributed by atoms with Crippen LogP contribution in [0.15, 0.2) is 0 Å². The molecule has 30 heavy (non-hydrogen) atoms. The smallest absolute Gasteiger partial charge is 0.306 e. The van der Waals surface area contributed by atoms with E-state index in [1.807, 2.05) is 13.8 Å². The Morgan fingerprint density at radius 2 is 1.33 bits per heavy atom. The molecule has 4 nitrogen and oxygen atoms in total. The number of carbonyl (C=O) groups excluding carboxylic acids is 1. The van der Waals surface area contributed by atoms with Gasteiger partial charge in [-0.05, 0) is 39.5 Å². The number of halogens is 1. The number of unbranched alkanes of at least 4 members (excludes halogenated alkanes) is 3. The van der Waals surface area contributed by atoms with E-state index < -0.39 is 13.0 Å². The number of hydrogen-bond donors (Lipinski definition) is 0. The average Bonchev–Trinajstić information content (AvgIpc) is 3.16. The molecular weight excluding hydrogens is 463 g/mol. The first-order valence-electron chi connectivity index (χ1n) is 12.2. The van der Waals surface area contributed by atoms with Crippen molar-refractivity contribution in [3.8, 4) is 0 Å². The van der Waals surface area contributed by atoms with Crippen LogP contribution in [0.25, 0.3) is 0 Å². The molecule has 0 bridgehead atoms. The lowest BCUT2D eigenvalue weighted by molar-refractivity contribution is -0.175. The van der Waals surface area contributed by atoms with E-state index in [4.69, 9.17) is 14.2 Å². The molecule has 0 unspecified atom stereocenters. The van der Waals surface area contributed by atoms with E-state index in [0.29, 0.717) is 26.1 Å². The van der Waals surface area contributed by atoms with E-state index in [2.05, 4.69) is 20.8 Å². The molecule has 1 aliphatic heterocycles. The molecule has 1 heterocycles. The van der Waals surface area contributed by atoms with Crippen molar-refractivity contribution in [1.29, 1.82) is 0 Å². The quantitative estimate of drug-likeness (QED) is 0.221. The monoisotopic (exact) mass is 510 g/mol. The Kier molecular flexibility index (Phi) is 17.0. The molecule has 0 amide bonds. The minimum absolute atomic E-state index is 0. The van der Waals surface area contributed by atoms with Gasteiger partial charge in [0.2, 0.25) is 0 Å². The molecule has 0 spiro atoms. The van der Waals surface area contributed by atoms with Crippen LogP contribution in [0.2, 0.25) is 0 Å². The summed E-state index contributed by atoms with van der Waals surface area (Å²) < 4.78 is 17.4. The van der Waals surface area contributed by atoms with Gasteiger partial charge in [0, 0.05) is 20.1 Å². The van der Waals surface area contributed by atoms with Crippen LogP contribution < -0.4 is 17.0 Å². The summed E-state index contributed by atoms with van der Waals surface area (Å²) >= 11 is 0. The molecule has 0 radical (unpaired) electrons. The summed E-state index contributed by atoms with van der Waals surface area (Å²) in [7, 11) is -0.892. The van der Waals surface area contributed by atoms with Gasteiger partial charge in [0.05, 0.1) is 50.4 Å². The Morgan fingerprint density at radius 3 is 1.77 bits per heavy atom. The normalized spacial score (nSPS) is 15.9. The van der Waals surface area contributed by atoms with Gasteiger partial charge in [-0.15, -0.1) is 0 Å². The summed E-state index contributed by atoms with van der Waals surface area (Å²) in [5.74, 6) is -0.708. The van der Waals surface area contributed by atoms with Crippen LogP contribution in [-0.4, -0.2) is 55.7 Å². The largest absolute Gasteiger partial charge is 1.00 e. The second-order valence-corrected chi connectivity index (χ2v) is 13.5. The predicted octanol–water partition coefficient (Wildman–Crippen LogP) is 3.66. The highest BCUT2D eigenvalue weighted by atomic mass is 79.9. The molecule has 0 atom stereocenters. The van der Waals surface area contributed by atoms with E-state index in [1.165, 1.54) is 63.2 Å². The zero-order valence-corrected chi connectivity index (χ0v) is 22.8. The summed E-state index contributed by atoms with van der Waals surface area (Å²) in [6, 6.07) is 0. The van der Waals surface area contributed by atoms with Gasteiger partial charge in [0.25, 0.3) is 0 Å². The Balaban J connectivity index is 0.00000841. The van der Waals surface area contributed by atoms with Crippen LogP contribution in [0.3, 0.4) is 0 Å². The van der Waals surface area contributed by atoms with Gasteiger partial charge in [0.15, 0.2) is 5.79 Å². The molecule has 0 aromatic carbocycles. The van der Waals surface area contributed by atoms with Gasteiger partial charge in [-0.3, -0.25) is 4.79 Å². The topological polar surface area (TPSA) is 44.8 Å². The second-order valence-electron chi connectivity index (χ2n) is 9.05. The Morgan fingerprint density at radius 1 is 0.867 bits per heavy atom. The highest BCUT2D eigenvalue weighted by Crippen LogP contribution is 2.61. The lowest BCUT2D eigenvalue weighted by Crippen LogP contribution is -3.00. The van der Waals surface area contributed by atoms with E-state index >= 15 is 0 Å². The van der Waals surface area contributed by atoms with Crippen molar-refractivity contribution in [2.24, 2.45) is 0 Å².